The highest BCUT2D eigenvalue weighted by molar-refractivity contribution is 7.99. The van der Waals surface area contributed by atoms with Crippen molar-refractivity contribution in [3.05, 3.63) is 5.82 Å². The quantitative estimate of drug-likeness (QED) is 0.559. The molecule has 0 atom stereocenters. The van der Waals surface area contributed by atoms with Crippen molar-refractivity contribution >= 4 is 17.7 Å². The highest BCUT2D eigenvalue weighted by Crippen LogP contribution is 2.38. The van der Waals surface area contributed by atoms with E-state index in [1.54, 1.807) is 0 Å². The van der Waals surface area contributed by atoms with E-state index in [0.717, 1.165) is 18.8 Å². The minimum atomic E-state index is 0.0638. The lowest BCUT2D eigenvalue weighted by molar-refractivity contribution is -0.118. The predicted octanol–water partition coefficient (Wildman–Crippen LogP) is 2.08. The molecule has 5 nitrogen and oxygen atoms in total. The summed E-state index contributed by atoms with van der Waals surface area (Å²) < 4.78 is 0. The third kappa shape index (κ3) is 4.33. The van der Waals surface area contributed by atoms with Crippen LogP contribution in [0.15, 0.2) is 5.16 Å². The molecule has 0 bridgehead atoms. The number of carbonyl (C=O) groups excluding carboxylic acids is 1. The minimum absolute atomic E-state index is 0.0638. The fourth-order valence-corrected chi connectivity index (χ4v) is 2.28. The SMILES string of the molecule is CCCCCNC(=O)CSc1n[nH]c(C2CC2)n1. The molecular weight excluding hydrogens is 248 g/mol. The van der Waals surface area contributed by atoms with Gasteiger partial charge in [-0.05, 0) is 19.3 Å². The lowest BCUT2D eigenvalue weighted by Crippen LogP contribution is -2.26. The number of thioether (sulfide) groups is 1. The van der Waals surface area contributed by atoms with Crippen molar-refractivity contribution in [2.24, 2.45) is 0 Å². The molecule has 0 aromatic carbocycles. The van der Waals surface area contributed by atoms with Crippen LogP contribution in [0.2, 0.25) is 0 Å². The second kappa shape index (κ2) is 6.78. The van der Waals surface area contributed by atoms with E-state index in [1.165, 1.54) is 37.4 Å². The van der Waals surface area contributed by atoms with Gasteiger partial charge in [0.05, 0.1) is 5.75 Å². The summed E-state index contributed by atoms with van der Waals surface area (Å²) in [4.78, 5) is 15.9. The summed E-state index contributed by atoms with van der Waals surface area (Å²) in [6.07, 6.45) is 5.80. The van der Waals surface area contributed by atoms with Gasteiger partial charge in [0.15, 0.2) is 0 Å². The van der Waals surface area contributed by atoms with Crippen molar-refractivity contribution in [2.45, 2.75) is 50.1 Å². The Labute approximate surface area is 112 Å². The Hall–Kier alpha value is -1.04. The summed E-state index contributed by atoms with van der Waals surface area (Å²) in [6.45, 7) is 2.92. The Balaban J connectivity index is 1.62. The van der Waals surface area contributed by atoms with E-state index in [-0.39, 0.29) is 5.91 Å². The van der Waals surface area contributed by atoms with E-state index in [9.17, 15) is 4.79 Å². The highest BCUT2D eigenvalue weighted by Gasteiger charge is 2.27. The highest BCUT2D eigenvalue weighted by atomic mass is 32.2. The average molecular weight is 268 g/mol. The van der Waals surface area contributed by atoms with Crippen molar-refractivity contribution in [3.8, 4) is 0 Å². The van der Waals surface area contributed by atoms with E-state index in [4.69, 9.17) is 0 Å². The number of hydrogen-bond donors (Lipinski definition) is 2. The molecule has 0 aliphatic heterocycles. The normalized spacial score (nSPS) is 14.7. The standard InChI is InChI=1S/C12H20N4OS/c1-2-3-4-7-13-10(17)8-18-12-14-11(15-16-12)9-5-6-9/h9H,2-8H2,1H3,(H,13,17)(H,14,15,16). The first kappa shape index (κ1) is 13.4. The fourth-order valence-electron chi connectivity index (χ4n) is 1.65. The first-order chi connectivity index (χ1) is 8.79. The zero-order valence-corrected chi connectivity index (χ0v) is 11.6. The number of aromatic amines is 1. The van der Waals surface area contributed by atoms with Gasteiger partial charge in [0.2, 0.25) is 11.1 Å². The molecule has 0 radical (unpaired) electrons. The molecule has 1 aromatic rings. The Morgan fingerprint density at radius 3 is 3.06 bits per heavy atom. The number of aromatic nitrogens is 3. The molecule has 1 aromatic heterocycles. The molecule has 0 unspecified atom stereocenters. The van der Waals surface area contributed by atoms with Crippen LogP contribution in [0.1, 0.15) is 50.8 Å². The molecule has 18 heavy (non-hydrogen) atoms. The number of hydrogen-bond acceptors (Lipinski definition) is 4. The first-order valence-electron chi connectivity index (χ1n) is 6.61. The van der Waals surface area contributed by atoms with Gasteiger partial charge in [0.1, 0.15) is 5.82 Å². The van der Waals surface area contributed by atoms with E-state index in [1.807, 2.05) is 0 Å². The molecule has 1 amide bonds. The molecule has 1 saturated carbocycles. The molecule has 1 heterocycles. The lowest BCUT2D eigenvalue weighted by atomic mass is 10.2. The summed E-state index contributed by atoms with van der Waals surface area (Å²) in [5.74, 6) is 2.01. The van der Waals surface area contributed by atoms with Gasteiger partial charge in [0.25, 0.3) is 0 Å². The minimum Gasteiger partial charge on any atom is -0.355 e. The molecule has 1 aliphatic carbocycles. The van der Waals surface area contributed by atoms with Crippen LogP contribution < -0.4 is 5.32 Å². The van der Waals surface area contributed by atoms with Crippen LogP contribution in [-0.2, 0) is 4.79 Å². The summed E-state index contributed by atoms with van der Waals surface area (Å²) in [5.41, 5.74) is 0. The molecule has 0 spiro atoms. The molecule has 1 fully saturated rings. The topological polar surface area (TPSA) is 70.7 Å². The largest absolute Gasteiger partial charge is 0.355 e. The monoisotopic (exact) mass is 268 g/mol. The Kier molecular flexibility index (Phi) is 5.04. The number of carbonyl (C=O) groups is 1. The van der Waals surface area contributed by atoms with Crippen LogP contribution in [0.5, 0.6) is 0 Å². The molecule has 0 saturated heterocycles. The predicted molar refractivity (Wildman–Crippen MR) is 71.6 cm³/mol. The Morgan fingerprint density at radius 2 is 2.33 bits per heavy atom. The van der Waals surface area contributed by atoms with Crippen LogP contribution in [0.4, 0.5) is 0 Å². The average Bonchev–Trinajstić information content (AvgIpc) is 3.12. The van der Waals surface area contributed by atoms with Gasteiger partial charge in [-0.15, -0.1) is 5.10 Å². The third-order valence-electron chi connectivity index (χ3n) is 2.88. The summed E-state index contributed by atoms with van der Waals surface area (Å²) >= 11 is 1.39. The zero-order valence-electron chi connectivity index (χ0n) is 10.7. The van der Waals surface area contributed by atoms with E-state index >= 15 is 0 Å². The zero-order chi connectivity index (χ0) is 12.8. The van der Waals surface area contributed by atoms with E-state index in [2.05, 4.69) is 27.4 Å². The Bertz CT molecular complexity index is 389. The number of nitrogens with zero attached hydrogens (tertiary/aromatic N) is 2. The number of H-pyrrole nitrogens is 1. The van der Waals surface area contributed by atoms with Crippen molar-refractivity contribution in [1.29, 1.82) is 0 Å². The van der Waals surface area contributed by atoms with Crippen molar-refractivity contribution in [2.75, 3.05) is 12.3 Å². The van der Waals surface area contributed by atoms with Gasteiger partial charge in [-0.1, -0.05) is 31.5 Å². The number of amides is 1. The molecule has 100 valence electrons. The van der Waals surface area contributed by atoms with E-state index < -0.39 is 0 Å². The molecule has 2 N–H and O–H groups in total. The van der Waals surface area contributed by atoms with Crippen molar-refractivity contribution in [3.63, 3.8) is 0 Å². The second-order valence-corrected chi connectivity index (χ2v) is 5.57. The maximum Gasteiger partial charge on any atom is 0.230 e. The van der Waals surface area contributed by atoms with Gasteiger partial charge >= 0.3 is 0 Å². The molecular formula is C12H20N4OS. The van der Waals surface area contributed by atoms with Crippen LogP contribution in [0.25, 0.3) is 0 Å². The van der Waals surface area contributed by atoms with Crippen LogP contribution in [0, 0.1) is 0 Å². The van der Waals surface area contributed by atoms with Gasteiger partial charge in [-0.3, -0.25) is 9.89 Å². The Morgan fingerprint density at radius 1 is 1.50 bits per heavy atom. The maximum atomic E-state index is 11.5. The number of unbranched alkanes of at least 4 members (excludes halogenated alkanes) is 2. The maximum absolute atomic E-state index is 11.5. The number of nitrogens with one attached hydrogen (secondary N) is 2. The first-order valence-corrected chi connectivity index (χ1v) is 7.60. The van der Waals surface area contributed by atoms with Gasteiger partial charge in [-0.2, -0.15) is 0 Å². The lowest BCUT2D eigenvalue weighted by Gasteiger charge is -2.02. The fraction of sp³-hybridized carbons (Fsp3) is 0.750. The van der Waals surface area contributed by atoms with Crippen molar-refractivity contribution < 1.29 is 4.79 Å². The smallest absolute Gasteiger partial charge is 0.230 e. The third-order valence-corrected chi connectivity index (χ3v) is 3.73. The van der Waals surface area contributed by atoms with Gasteiger partial charge < -0.3 is 5.32 Å². The summed E-state index contributed by atoms with van der Waals surface area (Å²) in [7, 11) is 0. The number of rotatable bonds is 8. The van der Waals surface area contributed by atoms with Gasteiger partial charge in [-0.25, -0.2) is 4.98 Å². The van der Waals surface area contributed by atoms with Gasteiger partial charge in [0, 0.05) is 12.5 Å². The van der Waals surface area contributed by atoms with Crippen LogP contribution in [-0.4, -0.2) is 33.4 Å². The van der Waals surface area contributed by atoms with Crippen LogP contribution in [0.3, 0.4) is 0 Å². The van der Waals surface area contributed by atoms with Crippen molar-refractivity contribution in [1.82, 2.24) is 20.5 Å². The second-order valence-electron chi connectivity index (χ2n) is 4.62. The summed E-state index contributed by atoms with van der Waals surface area (Å²) in [6, 6.07) is 0. The molecule has 6 heteroatoms. The molecule has 1 aliphatic rings. The molecule has 2 rings (SSSR count). The summed E-state index contributed by atoms with van der Waals surface area (Å²) in [5, 5.41) is 10.6. The van der Waals surface area contributed by atoms with E-state index in [0.29, 0.717) is 16.8 Å². The van der Waals surface area contributed by atoms with Crippen LogP contribution >= 0.6 is 11.8 Å².